The van der Waals surface area contributed by atoms with Gasteiger partial charge in [-0.1, -0.05) is 30.3 Å². The molecule has 11 heteroatoms. The van der Waals surface area contributed by atoms with Crippen molar-refractivity contribution in [2.24, 2.45) is 0 Å². The van der Waals surface area contributed by atoms with Crippen molar-refractivity contribution in [3.8, 4) is 0 Å². The third kappa shape index (κ3) is 5.23. The van der Waals surface area contributed by atoms with E-state index in [-0.39, 0.29) is 22.9 Å². The molecule has 2 atom stereocenters. The summed E-state index contributed by atoms with van der Waals surface area (Å²) in [5.74, 6) is -0.325. The summed E-state index contributed by atoms with van der Waals surface area (Å²) in [5, 5.41) is 5.21. The number of nitrogens with one attached hydrogen (secondary N) is 1. The lowest BCUT2D eigenvalue weighted by Crippen LogP contribution is -2.54. The molecule has 2 amide bonds. The van der Waals surface area contributed by atoms with E-state index in [2.05, 4.69) is 10.3 Å². The SMILES string of the molecule is O=C(NC1CCCN(S(=O)(=O)c2ccccn2)CC1)C1Cc2ccccc2CN1C(=O)c1cc2sccc2s1. The van der Waals surface area contributed by atoms with Gasteiger partial charge >= 0.3 is 0 Å². The van der Waals surface area contributed by atoms with Gasteiger partial charge in [0.25, 0.3) is 15.9 Å². The molecular weight excluding hydrogens is 553 g/mol. The normalized spacial score (nSPS) is 20.4. The van der Waals surface area contributed by atoms with Crippen molar-refractivity contribution in [2.75, 3.05) is 13.1 Å². The molecule has 4 aromatic rings. The Hall–Kier alpha value is -3.12. The fraction of sp³-hybridized carbons (Fsp3) is 0.321. The molecular formula is C28H28N4O4S3. The van der Waals surface area contributed by atoms with E-state index in [1.165, 1.54) is 27.9 Å². The van der Waals surface area contributed by atoms with Crippen molar-refractivity contribution in [1.82, 2.24) is 19.5 Å². The smallest absolute Gasteiger partial charge is 0.264 e. The van der Waals surface area contributed by atoms with Crippen LogP contribution in [-0.4, -0.2) is 59.6 Å². The van der Waals surface area contributed by atoms with Crippen LogP contribution in [-0.2, 0) is 27.8 Å². The molecule has 2 aliphatic heterocycles. The van der Waals surface area contributed by atoms with Crippen LogP contribution < -0.4 is 5.32 Å². The number of benzene rings is 1. The average Bonchev–Trinajstić information content (AvgIpc) is 3.48. The summed E-state index contributed by atoms with van der Waals surface area (Å²) in [5.41, 5.74) is 2.13. The van der Waals surface area contributed by atoms with Gasteiger partial charge in [0.2, 0.25) is 5.91 Å². The third-order valence-corrected chi connectivity index (χ3v) is 11.3. The topological polar surface area (TPSA) is 99.7 Å². The lowest BCUT2D eigenvalue weighted by atomic mass is 9.93. The molecule has 2 aliphatic rings. The summed E-state index contributed by atoms with van der Waals surface area (Å²) in [6.45, 7) is 1.05. The first-order valence-electron chi connectivity index (χ1n) is 13.0. The standard InChI is InChI=1S/C28H28N4O4S3/c33-27(30-21-8-5-13-31(14-10-21)39(35,36)26-9-3-4-12-29-26)22-16-19-6-1-2-7-20(19)18-32(22)28(34)25-17-24-23(38-25)11-15-37-24/h1-4,6-7,9,11-12,15,17,21-22H,5,8,10,13-14,16,18H2,(H,30,33). The first-order valence-corrected chi connectivity index (χ1v) is 16.1. The van der Waals surface area contributed by atoms with E-state index in [9.17, 15) is 18.0 Å². The predicted octanol–water partition coefficient (Wildman–Crippen LogP) is 4.28. The molecule has 1 fully saturated rings. The van der Waals surface area contributed by atoms with Crippen LogP contribution in [0.5, 0.6) is 0 Å². The summed E-state index contributed by atoms with van der Waals surface area (Å²) in [6.07, 6.45) is 3.71. The highest BCUT2D eigenvalue weighted by molar-refractivity contribution is 7.89. The Kier molecular flexibility index (Phi) is 7.23. The molecule has 2 unspecified atom stereocenters. The molecule has 202 valence electrons. The molecule has 8 nitrogen and oxygen atoms in total. The number of hydrogen-bond acceptors (Lipinski definition) is 7. The maximum atomic E-state index is 13.7. The number of rotatable bonds is 5. The monoisotopic (exact) mass is 580 g/mol. The van der Waals surface area contributed by atoms with Gasteiger partial charge in [-0.15, -0.1) is 22.7 Å². The number of aromatic nitrogens is 1. The highest BCUT2D eigenvalue weighted by Gasteiger charge is 2.37. The van der Waals surface area contributed by atoms with Crippen LogP contribution in [0.4, 0.5) is 0 Å². The zero-order valence-electron chi connectivity index (χ0n) is 21.2. The van der Waals surface area contributed by atoms with Crippen LogP contribution in [0.1, 0.15) is 40.1 Å². The molecule has 0 spiro atoms. The fourth-order valence-corrected chi connectivity index (χ4v) is 8.86. The molecule has 5 heterocycles. The van der Waals surface area contributed by atoms with Gasteiger partial charge in [-0.2, -0.15) is 4.31 Å². The second-order valence-corrected chi connectivity index (χ2v) is 13.8. The van der Waals surface area contributed by atoms with E-state index < -0.39 is 16.1 Å². The number of carbonyl (C=O) groups excluding carboxylic acids is 2. The zero-order chi connectivity index (χ0) is 27.0. The van der Waals surface area contributed by atoms with E-state index in [0.29, 0.717) is 50.2 Å². The molecule has 39 heavy (non-hydrogen) atoms. The second kappa shape index (κ2) is 10.8. The van der Waals surface area contributed by atoms with Crippen LogP contribution in [0.25, 0.3) is 9.40 Å². The lowest BCUT2D eigenvalue weighted by Gasteiger charge is -2.36. The van der Waals surface area contributed by atoms with Gasteiger partial charge in [-0.25, -0.2) is 13.4 Å². The highest BCUT2D eigenvalue weighted by atomic mass is 32.2. The number of carbonyl (C=O) groups is 2. The average molecular weight is 581 g/mol. The summed E-state index contributed by atoms with van der Waals surface area (Å²) in [7, 11) is -3.69. The minimum atomic E-state index is -3.69. The van der Waals surface area contributed by atoms with Crippen LogP contribution in [0, 0.1) is 0 Å². The number of thiophene rings is 2. The number of hydrogen-bond donors (Lipinski definition) is 1. The molecule has 3 aromatic heterocycles. The van der Waals surface area contributed by atoms with Gasteiger partial charge in [-0.3, -0.25) is 9.59 Å². The number of nitrogens with zero attached hydrogens (tertiary/aromatic N) is 3. The first kappa shape index (κ1) is 26.1. The van der Waals surface area contributed by atoms with Crippen molar-refractivity contribution in [3.05, 3.63) is 82.2 Å². The summed E-state index contributed by atoms with van der Waals surface area (Å²) < 4.78 is 29.7. The Balaban J connectivity index is 1.19. The van der Waals surface area contributed by atoms with Crippen LogP contribution in [0.15, 0.2) is 71.2 Å². The Morgan fingerprint density at radius 2 is 1.79 bits per heavy atom. The van der Waals surface area contributed by atoms with Gasteiger partial charge in [0.1, 0.15) is 6.04 Å². The Bertz CT molecular complexity index is 1590. The van der Waals surface area contributed by atoms with E-state index in [1.54, 1.807) is 28.4 Å². The Labute approximate surface area is 235 Å². The maximum absolute atomic E-state index is 13.7. The molecule has 0 radical (unpaired) electrons. The second-order valence-electron chi connectivity index (χ2n) is 9.89. The minimum Gasteiger partial charge on any atom is -0.352 e. The van der Waals surface area contributed by atoms with E-state index in [0.717, 1.165) is 20.5 Å². The maximum Gasteiger partial charge on any atom is 0.264 e. The molecule has 0 saturated carbocycles. The van der Waals surface area contributed by atoms with Gasteiger partial charge in [0.05, 0.1) is 4.88 Å². The van der Waals surface area contributed by atoms with Gasteiger partial charge in [0, 0.05) is 47.7 Å². The van der Waals surface area contributed by atoms with Crippen molar-refractivity contribution < 1.29 is 18.0 Å². The quantitative estimate of drug-likeness (QED) is 0.380. The van der Waals surface area contributed by atoms with Crippen LogP contribution in [0.3, 0.4) is 0 Å². The molecule has 6 rings (SSSR count). The Morgan fingerprint density at radius 3 is 2.59 bits per heavy atom. The highest BCUT2D eigenvalue weighted by Crippen LogP contribution is 2.33. The van der Waals surface area contributed by atoms with Crippen LogP contribution >= 0.6 is 22.7 Å². The molecule has 0 bridgehead atoms. The van der Waals surface area contributed by atoms with Crippen LogP contribution in [0.2, 0.25) is 0 Å². The van der Waals surface area contributed by atoms with Gasteiger partial charge in [-0.05, 0) is 60.0 Å². The summed E-state index contributed by atoms with van der Waals surface area (Å²) in [4.78, 5) is 33.8. The van der Waals surface area contributed by atoms with E-state index >= 15 is 0 Å². The predicted molar refractivity (Wildman–Crippen MR) is 152 cm³/mol. The fourth-order valence-electron chi connectivity index (χ4n) is 5.37. The number of fused-ring (bicyclic) bond motifs is 2. The van der Waals surface area contributed by atoms with Crippen molar-refractivity contribution in [2.45, 2.75) is 49.3 Å². The largest absolute Gasteiger partial charge is 0.352 e. The first-order chi connectivity index (χ1) is 18.9. The molecule has 1 N–H and O–H groups in total. The minimum absolute atomic E-state index is 0.0379. The number of sulfonamides is 1. The lowest BCUT2D eigenvalue weighted by molar-refractivity contribution is -0.127. The number of pyridine rings is 1. The van der Waals surface area contributed by atoms with Crippen molar-refractivity contribution in [3.63, 3.8) is 0 Å². The van der Waals surface area contributed by atoms with Gasteiger partial charge in [0.15, 0.2) is 5.03 Å². The Morgan fingerprint density at radius 1 is 0.974 bits per heavy atom. The van der Waals surface area contributed by atoms with Gasteiger partial charge < -0.3 is 10.2 Å². The summed E-state index contributed by atoms with van der Waals surface area (Å²) in [6, 6.07) is 15.9. The van der Waals surface area contributed by atoms with E-state index in [4.69, 9.17) is 0 Å². The molecule has 0 aliphatic carbocycles. The van der Waals surface area contributed by atoms with Crippen molar-refractivity contribution in [1.29, 1.82) is 0 Å². The zero-order valence-corrected chi connectivity index (χ0v) is 23.6. The number of amides is 2. The third-order valence-electron chi connectivity index (χ3n) is 7.44. The van der Waals surface area contributed by atoms with E-state index in [1.807, 2.05) is 41.8 Å². The summed E-state index contributed by atoms with van der Waals surface area (Å²) >= 11 is 3.06. The molecule has 1 saturated heterocycles. The molecule has 1 aromatic carbocycles. The van der Waals surface area contributed by atoms with Crippen molar-refractivity contribution >= 4 is 53.9 Å².